The average molecular weight is 416 g/mol. The van der Waals surface area contributed by atoms with Gasteiger partial charge in [0.15, 0.2) is 5.69 Å². The summed E-state index contributed by atoms with van der Waals surface area (Å²) in [5, 5.41) is 15.3. The number of benzene rings is 2. The minimum atomic E-state index is -0.261. The lowest BCUT2D eigenvalue weighted by Gasteiger charge is -2.10. The highest BCUT2D eigenvalue weighted by atomic mass is 16.2. The number of aromatic nitrogens is 4. The molecule has 4 aromatic rings. The number of likely N-dealkylation sites (tertiary alicyclic amines) is 1. The highest BCUT2D eigenvalue weighted by Crippen LogP contribution is 2.29. The number of H-pyrrole nitrogens is 1. The number of carbonyl (C=O) groups excluding carboxylic acids is 1. The summed E-state index contributed by atoms with van der Waals surface area (Å²) in [5.74, 6) is 0.267. The van der Waals surface area contributed by atoms with Gasteiger partial charge in [-0.3, -0.25) is 14.6 Å². The van der Waals surface area contributed by atoms with Gasteiger partial charge in [0.1, 0.15) is 0 Å². The lowest BCUT2D eigenvalue weighted by Crippen LogP contribution is -2.13. The van der Waals surface area contributed by atoms with Gasteiger partial charge in [-0.15, -0.1) is 0 Å². The first-order chi connectivity index (χ1) is 15.0. The van der Waals surface area contributed by atoms with Crippen molar-refractivity contribution in [3.05, 3.63) is 71.7 Å². The molecule has 0 spiro atoms. The van der Waals surface area contributed by atoms with Gasteiger partial charge in [0.05, 0.1) is 23.9 Å². The van der Waals surface area contributed by atoms with E-state index in [0.29, 0.717) is 29.5 Å². The summed E-state index contributed by atoms with van der Waals surface area (Å²) in [7, 11) is 2.15. The molecular formula is C23H25N7O. The van der Waals surface area contributed by atoms with Crippen molar-refractivity contribution in [2.24, 2.45) is 0 Å². The number of fused-ring (bicyclic) bond motifs is 1. The third kappa shape index (κ3) is 4.02. The number of hydrogen-bond donors (Lipinski definition) is 3. The van der Waals surface area contributed by atoms with Gasteiger partial charge in [-0.2, -0.15) is 10.2 Å². The molecule has 2 aromatic carbocycles. The normalized spacial score (nSPS) is 16.7. The highest BCUT2D eigenvalue weighted by Gasteiger charge is 2.22. The zero-order valence-electron chi connectivity index (χ0n) is 17.4. The van der Waals surface area contributed by atoms with Gasteiger partial charge >= 0.3 is 0 Å². The monoisotopic (exact) mass is 415 g/mol. The summed E-state index contributed by atoms with van der Waals surface area (Å²) in [4.78, 5) is 15.2. The summed E-state index contributed by atoms with van der Waals surface area (Å²) < 4.78 is 1.76. The molecule has 3 heterocycles. The number of rotatable bonds is 5. The third-order valence-electron chi connectivity index (χ3n) is 5.85. The van der Waals surface area contributed by atoms with Crippen LogP contribution in [-0.2, 0) is 6.54 Å². The molecule has 0 saturated carbocycles. The van der Waals surface area contributed by atoms with E-state index in [9.17, 15) is 4.79 Å². The predicted octanol–water partition coefficient (Wildman–Crippen LogP) is 3.06. The number of aromatic amines is 1. The van der Waals surface area contributed by atoms with Crippen molar-refractivity contribution in [1.29, 1.82) is 0 Å². The molecule has 5 rings (SSSR count). The minimum absolute atomic E-state index is 0.261. The van der Waals surface area contributed by atoms with Gasteiger partial charge in [-0.05, 0) is 55.3 Å². The van der Waals surface area contributed by atoms with Gasteiger partial charge in [0.2, 0.25) is 0 Å². The number of nitrogens with zero attached hydrogens (tertiary/aromatic N) is 4. The largest absolute Gasteiger partial charge is 0.399 e. The Hall–Kier alpha value is -3.65. The van der Waals surface area contributed by atoms with Crippen LogP contribution in [0.2, 0.25) is 0 Å². The van der Waals surface area contributed by atoms with Crippen LogP contribution in [0.5, 0.6) is 0 Å². The fraction of sp³-hybridized carbons (Fsp3) is 0.261. The molecule has 8 heteroatoms. The maximum Gasteiger partial charge on any atom is 0.276 e. The molecule has 0 bridgehead atoms. The zero-order valence-corrected chi connectivity index (χ0v) is 17.4. The van der Waals surface area contributed by atoms with Crippen LogP contribution in [0.1, 0.15) is 34.0 Å². The van der Waals surface area contributed by atoms with Crippen molar-refractivity contribution < 1.29 is 4.79 Å². The molecule has 1 amide bonds. The van der Waals surface area contributed by atoms with Crippen molar-refractivity contribution in [2.75, 3.05) is 31.2 Å². The van der Waals surface area contributed by atoms with Gasteiger partial charge in [-0.25, -0.2) is 0 Å². The first-order valence-corrected chi connectivity index (χ1v) is 10.4. The maximum atomic E-state index is 12.8. The van der Waals surface area contributed by atoms with Gasteiger partial charge in [0, 0.05) is 23.8 Å². The number of nitrogen functional groups attached to an aromatic ring is 1. The Morgan fingerprint density at radius 3 is 3.00 bits per heavy atom. The van der Waals surface area contributed by atoms with Crippen molar-refractivity contribution in [1.82, 2.24) is 24.9 Å². The van der Waals surface area contributed by atoms with Crippen molar-refractivity contribution in [3.63, 3.8) is 0 Å². The molecule has 0 radical (unpaired) electrons. The number of anilines is 2. The molecular weight excluding hydrogens is 390 g/mol. The van der Waals surface area contributed by atoms with Crippen LogP contribution in [0.3, 0.4) is 0 Å². The lowest BCUT2D eigenvalue weighted by molar-refractivity contribution is 0.102. The Kier molecular flexibility index (Phi) is 4.91. The number of amides is 1. The van der Waals surface area contributed by atoms with Crippen LogP contribution >= 0.6 is 0 Å². The van der Waals surface area contributed by atoms with Gasteiger partial charge in [-0.1, -0.05) is 24.3 Å². The number of nitrogens with two attached hydrogens (primary N) is 1. The molecule has 1 aliphatic heterocycles. The van der Waals surface area contributed by atoms with Crippen molar-refractivity contribution in [2.45, 2.75) is 18.9 Å². The van der Waals surface area contributed by atoms with E-state index < -0.39 is 0 Å². The SMILES string of the molecule is CN1CCC(c2ccc3c(C(=O)Nc4cnn(Cc5cccc(N)c5)c4)n[nH]c3c2)C1. The number of likely N-dealkylation sites (N-methyl/N-ethyl adjacent to an activating group) is 1. The fourth-order valence-corrected chi connectivity index (χ4v) is 4.25. The maximum absolute atomic E-state index is 12.8. The quantitative estimate of drug-likeness (QED) is 0.435. The highest BCUT2D eigenvalue weighted by molar-refractivity contribution is 6.11. The molecule has 0 aliphatic carbocycles. The molecule has 1 unspecified atom stereocenters. The number of hydrogen-bond acceptors (Lipinski definition) is 5. The molecule has 158 valence electrons. The summed E-state index contributed by atoms with van der Waals surface area (Å²) in [6.45, 7) is 2.75. The summed E-state index contributed by atoms with van der Waals surface area (Å²) >= 11 is 0. The Bertz CT molecular complexity index is 1240. The zero-order chi connectivity index (χ0) is 21.4. The van der Waals surface area contributed by atoms with Crippen LogP contribution in [0.15, 0.2) is 54.9 Å². The second-order valence-electron chi connectivity index (χ2n) is 8.25. The van der Waals surface area contributed by atoms with E-state index in [0.717, 1.165) is 36.0 Å². The second kappa shape index (κ2) is 7.88. The van der Waals surface area contributed by atoms with E-state index in [2.05, 4.69) is 44.7 Å². The van der Waals surface area contributed by atoms with E-state index in [-0.39, 0.29) is 5.91 Å². The van der Waals surface area contributed by atoms with E-state index in [4.69, 9.17) is 5.73 Å². The summed E-state index contributed by atoms with van der Waals surface area (Å²) in [6, 6.07) is 13.9. The van der Waals surface area contributed by atoms with E-state index in [1.54, 1.807) is 17.1 Å². The fourth-order valence-electron chi connectivity index (χ4n) is 4.25. The standard InChI is InChI=1S/C23H25N7O/c1-29-8-7-17(13-29)16-5-6-20-21(10-16)27-28-22(20)23(31)26-19-11-25-30(14-19)12-15-3-2-4-18(24)9-15/h2-6,9-11,14,17H,7-8,12-13,24H2,1H3,(H,26,31)(H,27,28). The summed E-state index contributed by atoms with van der Waals surface area (Å²) in [6.07, 6.45) is 4.58. The van der Waals surface area contributed by atoms with Crippen LogP contribution < -0.4 is 11.1 Å². The first-order valence-electron chi connectivity index (χ1n) is 10.4. The molecule has 31 heavy (non-hydrogen) atoms. The number of nitrogens with one attached hydrogen (secondary N) is 2. The third-order valence-corrected chi connectivity index (χ3v) is 5.85. The average Bonchev–Trinajstić information content (AvgIpc) is 3.47. The Morgan fingerprint density at radius 2 is 2.19 bits per heavy atom. The predicted molar refractivity (Wildman–Crippen MR) is 121 cm³/mol. The summed E-state index contributed by atoms with van der Waals surface area (Å²) in [5.41, 5.74) is 10.8. The molecule has 1 atom stereocenters. The molecule has 4 N–H and O–H groups in total. The lowest BCUT2D eigenvalue weighted by atomic mass is 9.97. The van der Waals surface area contributed by atoms with Crippen LogP contribution in [0, 0.1) is 0 Å². The Labute approximate surface area is 180 Å². The first kappa shape index (κ1) is 19.3. The van der Waals surface area contributed by atoms with Gasteiger partial charge in [0.25, 0.3) is 5.91 Å². The smallest absolute Gasteiger partial charge is 0.276 e. The second-order valence-corrected chi connectivity index (χ2v) is 8.25. The molecule has 1 saturated heterocycles. The van der Waals surface area contributed by atoms with Crippen molar-refractivity contribution >= 4 is 28.2 Å². The number of carbonyl (C=O) groups is 1. The minimum Gasteiger partial charge on any atom is -0.399 e. The van der Waals surface area contributed by atoms with E-state index in [1.807, 2.05) is 30.3 Å². The molecule has 1 fully saturated rings. The van der Waals surface area contributed by atoms with Gasteiger partial charge < -0.3 is 16.0 Å². The Morgan fingerprint density at radius 1 is 1.29 bits per heavy atom. The molecule has 8 nitrogen and oxygen atoms in total. The van der Waals surface area contributed by atoms with E-state index in [1.165, 1.54) is 5.56 Å². The van der Waals surface area contributed by atoms with Crippen LogP contribution in [0.4, 0.5) is 11.4 Å². The Balaban J connectivity index is 1.30. The molecule has 2 aromatic heterocycles. The van der Waals surface area contributed by atoms with Crippen LogP contribution in [-0.4, -0.2) is 50.9 Å². The van der Waals surface area contributed by atoms with Crippen molar-refractivity contribution in [3.8, 4) is 0 Å². The van der Waals surface area contributed by atoms with Crippen LogP contribution in [0.25, 0.3) is 10.9 Å². The van der Waals surface area contributed by atoms with E-state index >= 15 is 0 Å². The molecule has 1 aliphatic rings. The topological polar surface area (TPSA) is 105 Å².